The van der Waals surface area contributed by atoms with Crippen LogP contribution in [0.1, 0.15) is 43.5 Å². The minimum Gasteiger partial charge on any atom is -0.340 e. The zero-order valence-corrected chi connectivity index (χ0v) is 17.9. The summed E-state index contributed by atoms with van der Waals surface area (Å²) in [6, 6.07) is 13.2. The first-order chi connectivity index (χ1) is 14.4. The summed E-state index contributed by atoms with van der Waals surface area (Å²) in [6.07, 6.45) is 2.06. The number of nitrogens with zero attached hydrogens (tertiary/aromatic N) is 1. The molecule has 0 aromatic heterocycles. The lowest BCUT2D eigenvalue weighted by atomic mass is 9.97. The molecule has 0 spiro atoms. The third-order valence-electron chi connectivity index (χ3n) is 5.40. The molecule has 2 N–H and O–H groups in total. The maximum atomic E-state index is 13.0. The fraction of sp³-hybridized carbons (Fsp3) is 0.348. The fourth-order valence-corrected chi connectivity index (χ4v) is 3.72. The summed E-state index contributed by atoms with van der Waals surface area (Å²) in [4.78, 5) is 39.1. The van der Waals surface area contributed by atoms with Crippen molar-refractivity contribution in [3.05, 3.63) is 59.1 Å². The zero-order chi connectivity index (χ0) is 21.7. The Morgan fingerprint density at radius 1 is 1.17 bits per heavy atom. The van der Waals surface area contributed by atoms with Gasteiger partial charge in [-0.05, 0) is 42.7 Å². The molecule has 2 atom stereocenters. The van der Waals surface area contributed by atoms with Crippen molar-refractivity contribution in [2.45, 2.75) is 39.2 Å². The second kappa shape index (κ2) is 9.76. The van der Waals surface area contributed by atoms with Gasteiger partial charge in [0.05, 0.1) is 10.7 Å². The molecule has 7 heteroatoms. The molecular formula is C23H26ClN3O3. The SMILES string of the molecule is CC[C@H](C)[C@H](NC(=O)c1ccccc1)C(=O)Nc1ccc(N2CCCC2=O)c(Cl)c1. The quantitative estimate of drug-likeness (QED) is 0.693. The van der Waals surface area contributed by atoms with E-state index >= 15 is 0 Å². The number of anilines is 2. The van der Waals surface area contributed by atoms with Crippen LogP contribution in [0, 0.1) is 5.92 Å². The van der Waals surface area contributed by atoms with Crippen molar-refractivity contribution in [2.24, 2.45) is 5.92 Å². The molecule has 2 aromatic rings. The number of amides is 3. The summed E-state index contributed by atoms with van der Waals surface area (Å²) >= 11 is 6.38. The van der Waals surface area contributed by atoms with Gasteiger partial charge in [0.15, 0.2) is 0 Å². The summed E-state index contributed by atoms with van der Waals surface area (Å²) < 4.78 is 0. The molecule has 0 unspecified atom stereocenters. The summed E-state index contributed by atoms with van der Waals surface area (Å²) in [5.74, 6) is -0.615. The van der Waals surface area contributed by atoms with E-state index in [0.29, 0.717) is 34.9 Å². The topological polar surface area (TPSA) is 78.5 Å². The molecule has 30 heavy (non-hydrogen) atoms. The number of rotatable bonds is 7. The van der Waals surface area contributed by atoms with Crippen molar-refractivity contribution in [3.8, 4) is 0 Å². The van der Waals surface area contributed by atoms with Crippen LogP contribution >= 0.6 is 11.6 Å². The number of hydrogen-bond donors (Lipinski definition) is 2. The lowest BCUT2D eigenvalue weighted by molar-refractivity contribution is -0.119. The van der Waals surface area contributed by atoms with E-state index in [1.54, 1.807) is 47.4 Å². The van der Waals surface area contributed by atoms with E-state index in [1.165, 1.54) is 0 Å². The van der Waals surface area contributed by atoms with Crippen LogP contribution < -0.4 is 15.5 Å². The predicted octanol–water partition coefficient (Wildman–Crippen LogP) is 4.25. The van der Waals surface area contributed by atoms with Crippen LogP contribution in [0.2, 0.25) is 5.02 Å². The molecule has 1 aliphatic rings. The molecular weight excluding hydrogens is 402 g/mol. The van der Waals surface area contributed by atoms with Crippen molar-refractivity contribution in [2.75, 3.05) is 16.8 Å². The molecule has 1 saturated heterocycles. The molecule has 0 aliphatic carbocycles. The van der Waals surface area contributed by atoms with E-state index in [2.05, 4.69) is 10.6 Å². The van der Waals surface area contributed by atoms with Crippen LogP contribution in [0.4, 0.5) is 11.4 Å². The first-order valence-corrected chi connectivity index (χ1v) is 10.5. The minimum absolute atomic E-state index is 0.0501. The van der Waals surface area contributed by atoms with Crippen molar-refractivity contribution in [1.82, 2.24) is 5.32 Å². The first-order valence-electron chi connectivity index (χ1n) is 10.2. The predicted molar refractivity (Wildman–Crippen MR) is 119 cm³/mol. The number of carbonyl (C=O) groups excluding carboxylic acids is 3. The Kier molecular flexibility index (Phi) is 7.11. The standard InChI is InChI=1S/C23H26ClN3O3/c1-3-15(2)21(26-22(29)16-8-5-4-6-9-16)23(30)25-17-11-12-19(18(24)14-17)27-13-7-10-20(27)28/h4-6,8-9,11-12,14-15,21H,3,7,10,13H2,1-2H3,(H,25,30)(H,26,29)/t15-,21-/m0/s1. The van der Waals surface area contributed by atoms with Gasteiger partial charge in [-0.25, -0.2) is 0 Å². The Morgan fingerprint density at radius 3 is 2.50 bits per heavy atom. The molecule has 1 aliphatic heterocycles. The van der Waals surface area contributed by atoms with Crippen LogP contribution in [0.5, 0.6) is 0 Å². The lowest BCUT2D eigenvalue weighted by Gasteiger charge is -2.24. The second-order valence-corrected chi connectivity index (χ2v) is 7.91. The monoisotopic (exact) mass is 427 g/mol. The molecule has 158 valence electrons. The third kappa shape index (κ3) is 5.00. The Bertz CT molecular complexity index is 933. The van der Waals surface area contributed by atoms with Gasteiger partial charge in [-0.3, -0.25) is 14.4 Å². The summed E-state index contributed by atoms with van der Waals surface area (Å²) in [7, 11) is 0. The van der Waals surface area contributed by atoms with Crippen LogP contribution in [0.25, 0.3) is 0 Å². The van der Waals surface area contributed by atoms with Crippen LogP contribution in [-0.2, 0) is 9.59 Å². The summed E-state index contributed by atoms with van der Waals surface area (Å²) in [6.45, 7) is 4.54. The Morgan fingerprint density at radius 2 is 1.90 bits per heavy atom. The molecule has 1 heterocycles. The summed E-state index contributed by atoms with van der Waals surface area (Å²) in [5.41, 5.74) is 1.66. The van der Waals surface area contributed by atoms with E-state index in [0.717, 1.165) is 12.8 Å². The van der Waals surface area contributed by atoms with Gasteiger partial charge in [0, 0.05) is 24.2 Å². The van der Waals surface area contributed by atoms with Crippen molar-refractivity contribution in [1.29, 1.82) is 0 Å². The van der Waals surface area contributed by atoms with Gasteiger partial charge < -0.3 is 15.5 Å². The van der Waals surface area contributed by atoms with E-state index in [4.69, 9.17) is 11.6 Å². The summed E-state index contributed by atoms with van der Waals surface area (Å²) in [5, 5.41) is 6.09. The largest absolute Gasteiger partial charge is 0.340 e. The minimum atomic E-state index is -0.693. The molecule has 6 nitrogen and oxygen atoms in total. The van der Waals surface area contributed by atoms with Gasteiger partial charge in [0.25, 0.3) is 5.91 Å². The smallest absolute Gasteiger partial charge is 0.251 e. The number of nitrogens with one attached hydrogen (secondary N) is 2. The Hall–Kier alpha value is -2.86. The number of benzene rings is 2. The van der Waals surface area contributed by atoms with E-state index in [1.807, 2.05) is 19.9 Å². The van der Waals surface area contributed by atoms with Gasteiger partial charge >= 0.3 is 0 Å². The Labute approximate surface area is 181 Å². The van der Waals surface area contributed by atoms with E-state index in [9.17, 15) is 14.4 Å². The van der Waals surface area contributed by atoms with Gasteiger partial charge in [-0.15, -0.1) is 0 Å². The molecule has 0 saturated carbocycles. The van der Waals surface area contributed by atoms with Crippen LogP contribution in [-0.4, -0.2) is 30.3 Å². The molecule has 2 aromatic carbocycles. The highest BCUT2D eigenvalue weighted by Gasteiger charge is 2.27. The first kappa shape index (κ1) is 21.8. The fourth-order valence-electron chi connectivity index (χ4n) is 3.44. The molecule has 3 amide bonds. The molecule has 0 bridgehead atoms. The average molecular weight is 428 g/mol. The maximum absolute atomic E-state index is 13.0. The molecule has 1 fully saturated rings. The normalized spacial score (nSPS) is 15.6. The molecule has 3 rings (SSSR count). The van der Waals surface area contributed by atoms with E-state index in [-0.39, 0.29) is 23.6 Å². The third-order valence-corrected chi connectivity index (χ3v) is 5.70. The highest BCUT2D eigenvalue weighted by Crippen LogP contribution is 2.31. The number of halogens is 1. The number of carbonyl (C=O) groups is 3. The highest BCUT2D eigenvalue weighted by molar-refractivity contribution is 6.34. The van der Waals surface area contributed by atoms with Crippen molar-refractivity contribution >= 4 is 40.7 Å². The molecule has 0 radical (unpaired) electrons. The van der Waals surface area contributed by atoms with Gasteiger partial charge in [0.2, 0.25) is 11.8 Å². The highest BCUT2D eigenvalue weighted by atomic mass is 35.5. The van der Waals surface area contributed by atoms with Crippen molar-refractivity contribution < 1.29 is 14.4 Å². The Balaban J connectivity index is 1.73. The van der Waals surface area contributed by atoms with Crippen LogP contribution in [0.15, 0.2) is 48.5 Å². The lowest BCUT2D eigenvalue weighted by Crippen LogP contribution is -2.47. The van der Waals surface area contributed by atoms with Crippen LogP contribution in [0.3, 0.4) is 0 Å². The second-order valence-electron chi connectivity index (χ2n) is 7.51. The number of hydrogen-bond acceptors (Lipinski definition) is 3. The van der Waals surface area contributed by atoms with Crippen molar-refractivity contribution in [3.63, 3.8) is 0 Å². The average Bonchev–Trinajstić information content (AvgIpc) is 3.17. The van der Waals surface area contributed by atoms with Gasteiger partial charge in [-0.1, -0.05) is 50.1 Å². The zero-order valence-electron chi connectivity index (χ0n) is 17.2. The maximum Gasteiger partial charge on any atom is 0.251 e. The van der Waals surface area contributed by atoms with Gasteiger partial charge in [0.1, 0.15) is 6.04 Å². The van der Waals surface area contributed by atoms with E-state index < -0.39 is 6.04 Å². The van der Waals surface area contributed by atoms with Gasteiger partial charge in [-0.2, -0.15) is 0 Å².